The van der Waals surface area contributed by atoms with Gasteiger partial charge in [-0.2, -0.15) is 5.10 Å². The van der Waals surface area contributed by atoms with Crippen molar-refractivity contribution in [3.63, 3.8) is 0 Å². The van der Waals surface area contributed by atoms with E-state index in [2.05, 4.69) is 46.8 Å². The minimum atomic E-state index is -1.10. The molecule has 0 radical (unpaired) electrons. The van der Waals surface area contributed by atoms with Gasteiger partial charge in [0.2, 0.25) is 0 Å². The summed E-state index contributed by atoms with van der Waals surface area (Å²) in [7, 11) is -1.10. The van der Waals surface area contributed by atoms with E-state index in [9.17, 15) is 0 Å². The van der Waals surface area contributed by atoms with Crippen molar-refractivity contribution in [1.82, 2.24) is 19.7 Å². The van der Waals surface area contributed by atoms with Crippen molar-refractivity contribution in [2.45, 2.75) is 32.4 Å². The van der Waals surface area contributed by atoms with Crippen LogP contribution in [0.15, 0.2) is 54.7 Å². The second kappa shape index (κ2) is 12.4. The maximum absolute atomic E-state index is 6.15. The molecule has 1 fully saturated rings. The Bertz CT molecular complexity index is 1310. The molecule has 0 unspecified atom stereocenters. The van der Waals surface area contributed by atoms with E-state index in [1.807, 2.05) is 47.3 Å². The van der Waals surface area contributed by atoms with Crippen LogP contribution in [0, 0.1) is 0 Å². The monoisotopic (exact) mass is 552 g/mol. The fraction of sp³-hybridized carbons (Fsp3) is 0.429. The van der Waals surface area contributed by atoms with Gasteiger partial charge in [-0.15, -0.1) is 0 Å². The van der Waals surface area contributed by atoms with Crippen LogP contribution in [-0.2, 0) is 16.2 Å². The zero-order valence-corrected chi connectivity index (χ0v) is 24.2. The van der Waals surface area contributed by atoms with Crippen LogP contribution in [0.3, 0.4) is 0 Å². The molecule has 5 rings (SSSR count). The van der Waals surface area contributed by atoms with Crippen molar-refractivity contribution in [3.05, 3.63) is 54.7 Å². The predicted molar refractivity (Wildman–Crippen MR) is 154 cm³/mol. The summed E-state index contributed by atoms with van der Waals surface area (Å²) < 4.78 is 26.3. The summed E-state index contributed by atoms with van der Waals surface area (Å²) in [5.41, 5.74) is 3.01. The van der Waals surface area contributed by atoms with Crippen LogP contribution in [0.4, 0.5) is 0 Å². The van der Waals surface area contributed by atoms with Crippen molar-refractivity contribution in [3.8, 4) is 28.0 Å². The molecule has 0 spiro atoms. The molecule has 10 heteroatoms. The highest BCUT2D eigenvalue weighted by Gasteiger charge is 2.14. The Labute approximate surface area is 229 Å². The molecule has 1 aliphatic rings. The minimum absolute atomic E-state index is 0.457. The largest absolute Gasteiger partial charge is 0.469 e. The van der Waals surface area contributed by atoms with Gasteiger partial charge in [-0.05, 0) is 48.5 Å². The Morgan fingerprint density at radius 3 is 2.55 bits per heavy atom. The molecule has 2 aromatic carbocycles. The highest BCUT2D eigenvalue weighted by Crippen LogP contribution is 2.33. The van der Waals surface area contributed by atoms with E-state index in [4.69, 9.17) is 18.9 Å². The Morgan fingerprint density at radius 2 is 1.76 bits per heavy atom. The van der Waals surface area contributed by atoms with Crippen LogP contribution in [0.5, 0.6) is 16.7 Å². The second-order valence-corrected chi connectivity index (χ2v) is 17.2. The fourth-order valence-electron chi connectivity index (χ4n) is 4.14. The molecule has 8 nitrogen and oxygen atoms in total. The molecular formula is C28H36N4O4SSi. The number of morpholine rings is 1. The predicted octanol–water partition coefficient (Wildman–Crippen LogP) is 5.98. The molecule has 1 saturated heterocycles. The van der Waals surface area contributed by atoms with Gasteiger partial charge in [0, 0.05) is 52.1 Å². The number of fused-ring (bicyclic) bond motifs is 1. The maximum Gasteiger partial charge on any atom is 0.274 e. The van der Waals surface area contributed by atoms with E-state index in [0.29, 0.717) is 18.5 Å². The smallest absolute Gasteiger partial charge is 0.274 e. The summed E-state index contributed by atoms with van der Waals surface area (Å²) in [4.78, 5) is 6.96. The number of hydrogen-bond donors (Lipinski definition) is 0. The van der Waals surface area contributed by atoms with Crippen molar-refractivity contribution < 1.29 is 18.9 Å². The molecule has 0 bridgehead atoms. The fourth-order valence-corrected chi connectivity index (χ4v) is 5.76. The zero-order valence-electron chi connectivity index (χ0n) is 22.4. The molecule has 2 aromatic heterocycles. The van der Waals surface area contributed by atoms with Crippen LogP contribution in [0.2, 0.25) is 25.7 Å². The van der Waals surface area contributed by atoms with Gasteiger partial charge in [0.25, 0.3) is 5.19 Å². The van der Waals surface area contributed by atoms with Gasteiger partial charge in [-0.1, -0.05) is 31.0 Å². The first-order valence-electron chi connectivity index (χ1n) is 13.1. The number of benzene rings is 2. The molecule has 0 amide bonds. The maximum atomic E-state index is 6.15. The average molecular weight is 553 g/mol. The third-order valence-electron chi connectivity index (χ3n) is 6.39. The number of nitrogens with zero attached hydrogens (tertiary/aromatic N) is 4. The second-order valence-electron chi connectivity index (χ2n) is 10.6. The van der Waals surface area contributed by atoms with Gasteiger partial charge >= 0.3 is 0 Å². The van der Waals surface area contributed by atoms with Gasteiger partial charge in [-0.25, -0.2) is 9.67 Å². The lowest BCUT2D eigenvalue weighted by molar-refractivity contribution is 0.0322. The quantitative estimate of drug-likeness (QED) is 0.158. The lowest BCUT2D eigenvalue weighted by atomic mass is 10.1. The lowest BCUT2D eigenvalue weighted by Crippen LogP contribution is -2.38. The SMILES string of the molecule is C[Si](C)(C)CCOCn1nccc1-c1ccc(Oc2ccc3nc(OCCN4CCOCC4)sc3c2)cc1. The first kappa shape index (κ1) is 26.8. The van der Waals surface area contributed by atoms with E-state index >= 15 is 0 Å². The van der Waals surface area contributed by atoms with Gasteiger partial charge in [0.15, 0.2) is 0 Å². The zero-order chi connectivity index (χ0) is 26.4. The summed E-state index contributed by atoms with van der Waals surface area (Å²) >= 11 is 1.54. The van der Waals surface area contributed by atoms with Crippen molar-refractivity contribution in [2.24, 2.45) is 0 Å². The van der Waals surface area contributed by atoms with Crippen LogP contribution in [-0.4, -0.2) is 73.8 Å². The molecule has 4 aromatic rings. The van der Waals surface area contributed by atoms with Gasteiger partial charge < -0.3 is 18.9 Å². The van der Waals surface area contributed by atoms with Gasteiger partial charge in [0.05, 0.1) is 29.1 Å². The van der Waals surface area contributed by atoms with Gasteiger partial charge in [-0.3, -0.25) is 4.90 Å². The summed E-state index contributed by atoms with van der Waals surface area (Å²) in [6, 6.07) is 17.2. The van der Waals surface area contributed by atoms with E-state index < -0.39 is 8.07 Å². The van der Waals surface area contributed by atoms with E-state index in [-0.39, 0.29) is 0 Å². The van der Waals surface area contributed by atoms with Crippen LogP contribution >= 0.6 is 11.3 Å². The molecule has 3 heterocycles. The third kappa shape index (κ3) is 7.42. The van der Waals surface area contributed by atoms with Gasteiger partial charge in [0.1, 0.15) is 24.8 Å². The number of hydrogen-bond acceptors (Lipinski definition) is 8. The summed E-state index contributed by atoms with van der Waals surface area (Å²) in [6.07, 6.45) is 1.81. The lowest BCUT2D eigenvalue weighted by Gasteiger charge is -2.26. The highest BCUT2D eigenvalue weighted by molar-refractivity contribution is 7.20. The summed E-state index contributed by atoms with van der Waals surface area (Å²) in [5.74, 6) is 1.55. The molecule has 0 atom stereocenters. The summed E-state index contributed by atoms with van der Waals surface area (Å²) in [5, 5.41) is 5.13. The Morgan fingerprint density at radius 1 is 0.974 bits per heavy atom. The highest BCUT2D eigenvalue weighted by atomic mass is 32.1. The van der Waals surface area contributed by atoms with Crippen LogP contribution in [0.25, 0.3) is 21.5 Å². The number of rotatable bonds is 12. The molecular weight excluding hydrogens is 516 g/mol. The molecule has 38 heavy (non-hydrogen) atoms. The first-order chi connectivity index (χ1) is 18.4. The molecule has 0 aliphatic carbocycles. The van der Waals surface area contributed by atoms with Crippen molar-refractivity contribution >= 4 is 29.6 Å². The first-order valence-corrected chi connectivity index (χ1v) is 17.7. The number of ether oxygens (including phenoxy) is 4. The molecule has 0 N–H and O–H groups in total. The minimum Gasteiger partial charge on any atom is -0.469 e. The standard InChI is InChI=1S/C28H36N4O4SSi/c1-38(2,3)19-18-34-21-32-26(10-11-29-32)22-4-6-23(7-5-22)36-24-8-9-25-27(20-24)37-28(30-25)35-17-14-31-12-15-33-16-13-31/h4-11,20H,12-19,21H2,1-3H3. The topological polar surface area (TPSA) is 70.9 Å². The Hall–Kier alpha value is -2.76. The van der Waals surface area contributed by atoms with Crippen molar-refractivity contribution in [2.75, 3.05) is 46.1 Å². The van der Waals surface area contributed by atoms with E-state index in [0.717, 1.165) is 78.5 Å². The Kier molecular flexibility index (Phi) is 8.75. The summed E-state index contributed by atoms with van der Waals surface area (Å²) in [6.45, 7) is 13.3. The molecule has 0 saturated carbocycles. The Balaban J connectivity index is 1.16. The number of thiazole rings is 1. The molecule has 1 aliphatic heterocycles. The third-order valence-corrected chi connectivity index (χ3v) is 9.02. The van der Waals surface area contributed by atoms with Crippen molar-refractivity contribution in [1.29, 1.82) is 0 Å². The normalized spacial score (nSPS) is 14.7. The number of aromatic nitrogens is 3. The average Bonchev–Trinajstić information content (AvgIpc) is 3.54. The van der Waals surface area contributed by atoms with Crippen LogP contribution in [0.1, 0.15) is 0 Å². The van der Waals surface area contributed by atoms with Crippen LogP contribution < -0.4 is 9.47 Å². The van der Waals surface area contributed by atoms with E-state index in [1.54, 1.807) is 11.3 Å². The van der Waals surface area contributed by atoms with E-state index in [1.165, 1.54) is 0 Å². The molecule has 202 valence electrons.